The Labute approximate surface area is 94.4 Å². The predicted molar refractivity (Wildman–Crippen MR) is 57.9 cm³/mol. The van der Waals surface area contributed by atoms with Crippen molar-refractivity contribution in [3.05, 3.63) is 24.2 Å². The number of carbonyl (C=O) groups excluding carboxylic acids is 1. The van der Waals surface area contributed by atoms with E-state index in [4.69, 9.17) is 14.3 Å². The van der Waals surface area contributed by atoms with Crippen LogP contribution in [-0.4, -0.2) is 23.4 Å². The Morgan fingerprint density at radius 3 is 2.75 bits per heavy atom. The van der Waals surface area contributed by atoms with Crippen molar-refractivity contribution in [3.63, 3.8) is 0 Å². The van der Waals surface area contributed by atoms with Crippen LogP contribution >= 0.6 is 0 Å². The fourth-order valence-corrected chi connectivity index (χ4v) is 1.15. The molecule has 1 rings (SSSR count). The molecule has 1 amide bonds. The summed E-state index contributed by atoms with van der Waals surface area (Å²) in [5.74, 6) is 0.494. The van der Waals surface area contributed by atoms with Crippen LogP contribution in [0.5, 0.6) is 0 Å². The number of nitrogens with one attached hydrogen (secondary N) is 1. The van der Waals surface area contributed by atoms with Gasteiger partial charge in [0.1, 0.15) is 17.4 Å². The van der Waals surface area contributed by atoms with E-state index in [-0.39, 0.29) is 6.61 Å². The summed E-state index contributed by atoms with van der Waals surface area (Å²) >= 11 is 0. The van der Waals surface area contributed by atoms with Crippen LogP contribution in [0.3, 0.4) is 0 Å². The number of hydrogen-bond acceptors (Lipinski definition) is 4. The largest absolute Gasteiger partial charge is 0.467 e. The summed E-state index contributed by atoms with van der Waals surface area (Å²) in [5, 5.41) is 11.6. The minimum Gasteiger partial charge on any atom is -0.467 e. The van der Waals surface area contributed by atoms with Crippen molar-refractivity contribution in [1.29, 1.82) is 0 Å². The Hall–Kier alpha value is -1.49. The third kappa shape index (κ3) is 3.94. The van der Waals surface area contributed by atoms with Gasteiger partial charge in [-0.25, -0.2) is 4.79 Å². The monoisotopic (exact) mass is 227 g/mol. The van der Waals surface area contributed by atoms with Crippen LogP contribution in [0.25, 0.3) is 0 Å². The fraction of sp³-hybridized carbons (Fsp3) is 0.545. The Morgan fingerprint density at radius 2 is 2.31 bits per heavy atom. The quantitative estimate of drug-likeness (QED) is 0.826. The van der Waals surface area contributed by atoms with Gasteiger partial charge in [0, 0.05) is 0 Å². The molecule has 0 aliphatic rings. The lowest BCUT2D eigenvalue weighted by Gasteiger charge is -2.21. The standard InChI is InChI=1S/C11H17NO4/c1-11(2,3)16-10(14)12-8(7-13)9-5-4-6-15-9/h4-6,8,13H,7H2,1-3H3,(H,12,14)/t8-/m0/s1. The molecule has 5 nitrogen and oxygen atoms in total. The molecule has 0 aliphatic heterocycles. The number of ether oxygens (including phenoxy) is 1. The zero-order valence-corrected chi connectivity index (χ0v) is 9.69. The normalized spacial score (nSPS) is 13.2. The molecule has 0 radical (unpaired) electrons. The van der Waals surface area contributed by atoms with Gasteiger partial charge in [0.05, 0.1) is 12.9 Å². The topological polar surface area (TPSA) is 71.7 Å². The molecule has 16 heavy (non-hydrogen) atoms. The number of carbonyl (C=O) groups is 1. The number of hydrogen-bond donors (Lipinski definition) is 2. The van der Waals surface area contributed by atoms with Gasteiger partial charge in [-0.15, -0.1) is 0 Å². The lowest BCUT2D eigenvalue weighted by molar-refractivity contribution is 0.0472. The van der Waals surface area contributed by atoms with Crippen molar-refractivity contribution in [2.75, 3.05) is 6.61 Å². The lowest BCUT2D eigenvalue weighted by atomic mass is 10.2. The fourth-order valence-electron chi connectivity index (χ4n) is 1.15. The summed E-state index contributed by atoms with van der Waals surface area (Å²) in [6.45, 7) is 5.07. The highest BCUT2D eigenvalue weighted by molar-refractivity contribution is 5.68. The molecule has 90 valence electrons. The van der Waals surface area contributed by atoms with E-state index in [9.17, 15) is 4.79 Å². The summed E-state index contributed by atoms with van der Waals surface area (Å²) in [6.07, 6.45) is 0.900. The van der Waals surface area contributed by atoms with E-state index in [0.29, 0.717) is 5.76 Å². The van der Waals surface area contributed by atoms with Gasteiger partial charge in [-0.2, -0.15) is 0 Å². The summed E-state index contributed by atoms with van der Waals surface area (Å²) < 4.78 is 10.2. The molecule has 0 aliphatic carbocycles. The van der Waals surface area contributed by atoms with E-state index in [1.807, 2.05) is 0 Å². The first kappa shape index (κ1) is 12.6. The van der Waals surface area contributed by atoms with Crippen LogP contribution in [0.4, 0.5) is 4.79 Å². The molecule has 1 aromatic heterocycles. The zero-order valence-electron chi connectivity index (χ0n) is 9.69. The number of furan rings is 1. The number of alkyl carbamates (subject to hydrolysis) is 1. The van der Waals surface area contributed by atoms with E-state index in [1.54, 1.807) is 32.9 Å². The van der Waals surface area contributed by atoms with E-state index >= 15 is 0 Å². The molecule has 0 aromatic carbocycles. The Balaban J connectivity index is 2.55. The van der Waals surface area contributed by atoms with Crippen LogP contribution < -0.4 is 5.32 Å². The van der Waals surface area contributed by atoms with Gasteiger partial charge in [-0.3, -0.25) is 0 Å². The van der Waals surface area contributed by atoms with Crippen molar-refractivity contribution in [2.45, 2.75) is 32.4 Å². The highest BCUT2D eigenvalue weighted by atomic mass is 16.6. The second-order valence-electron chi connectivity index (χ2n) is 4.40. The Kier molecular flexibility index (Phi) is 3.95. The van der Waals surface area contributed by atoms with E-state index in [2.05, 4.69) is 5.32 Å². The van der Waals surface area contributed by atoms with Gasteiger partial charge in [-0.1, -0.05) is 0 Å². The van der Waals surface area contributed by atoms with Gasteiger partial charge < -0.3 is 19.6 Å². The molecule has 0 saturated carbocycles. The maximum absolute atomic E-state index is 11.4. The third-order valence-corrected chi connectivity index (χ3v) is 1.76. The average Bonchev–Trinajstić information content (AvgIpc) is 2.63. The van der Waals surface area contributed by atoms with E-state index in [0.717, 1.165) is 0 Å². The molecule has 2 N–H and O–H groups in total. The highest BCUT2D eigenvalue weighted by Gasteiger charge is 2.21. The molecule has 0 bridgehead atoms. The Bertz CT molecular complexity index is 326. The minimum atomic E-state index is -0.581. The molecular formula is C11H17NO4. The first-order chi connectivity index (χ1) is 7.42. The van der Waals surface area contributed by atoms with Gasteiger partial charge >= 0.3 is 6.09 Å². The van der Waals surface area contributed by atoms with Crippen LogP contribution in [-0.2, 0) is 4.74 Å². The second kappa shape index (κ2) is 5.03. The molecule has 0 unspecified atom stereocenters. The van der Waals surface area contributed by atoms with Crippen LogP contribution in [0, 0.1) is 0 Å². The van der Waals surface area contributed by atoms with Crippen LogP contribution in [0.1, 0.15) is 32.6 Å². The lowest BCUT2D eigenvalue weighted by Crippen LogP contribution is -2.36. The smallest absolute Gasteiger partial charge is 0.408 e. The number of aliphatic hydroxyl groups excluding tert-OH is 1. The molecule has 0 fully saturated rings. The minimum absolute atomic E-state index is 0.243. The predicted octanol–water partition coefficient (Wildman–Crippen LogP) is 1.84. The first-order valence-corrected chi connectivity index (χ1v) is 5.06. The van der Waals surface area contributed by atoms with E-state index in [1.165, 1.54) is 6.26 Å². The third-order valence-electron chi connectivity index (χ3n) is 1.76. The summed E-state index contributed by atoms with van der Waals surface area (Å²) in [4.78, 5) is 11.4. The SMILES string of the molecule is CC(C)(C)OC(=O)N[C@@H](CO)c1ccco1. The summed E-state index contributed by atoms with van der Waals surface area (Å²) in [7, 11) is 0. The van der Waals surface area contributed by atoms with Crippen LogP contribution in [0.2, 0.25) is 0 Å². The molecule has 0 spiro atoms. The number of aliphatic hydroxyl groups is 1. The maximum atomic E-state index is 11.4. The van der Waals surface area contributed by atoms with Gasteiger partial charge in [0.2, 0.25) is 0 Å². The number of amides is 1. The highest BCUT2D eigenvalue weighted by Crippen LogP contribution is 2.14. The molecule has 1 heterocycles. The Morgan fingerprint density at radius 1 is 1.62 bits per heavy atom. The van der Waals surface area contributed by atoms with Crippen molar-refractivity contribution >= 4 is 6.09 Å². The van der Waals surface area contributed by atoms with Gasteiger partial charge in [-0.05, 0) is 32.9 Å². The molecular weight excluding hydrogens is 210 g/mol. The molecule has 0 saturated heterocycles. The van der Waals surface area contributed by atoms with Crippen LogP contribution in [0.15, 0.2) is 22.8 Å². The van der Waals surface area contributed by atoms with Crippen molar-refractivity contribution < 1.29 is 19.1 Å². The van der Waals surface area contributed by atoms with Crippen molar-refractivity contribution in [1.82, 2.24) is 5.32 Å². The van der Waals surface area contributed by atoms with Gasteiger partial charge in [0.25, 0.3) is 0 Å². The summed E-state index contributed by atoms with van der Waals surface area (Å²) in [6, 6.07) is 2.79. The molecule has 1 atom stereocenters. The average molecular weight is 227 g/mol. The second-order valence-corrected chi connectivity index (χ2v) is 4.40. The van der Waals surface area contributed by atoms with Gasteiger partial charge in [0.15, 0.2) is 0 Å². The maximum Gasteiger partial charge on any atom is 0.408 e. The molecule has 5 heteroatoms. The molecule has 1 aromatic rings. The van der Waals surface area contributed by atoms with Crippen molar-refractivity contribution in [2.24, 2.45) is 0 Å². The zero-order chi connectivity index (χ0) is 12.2. The van der Waals surface area contributed by atoms with E-state index < -0.39 is 17.7 Å². The first-order valence-electron chi connectivity index (χ1n) is 5.06. The summed E-state index contributed by atoms with van der Waals surface area (Å²) in [5.41, 5.74) is -0.562. The van der Waals surface area contributed by atoms with Crippen molar-refractivity contribution in [3.8, 4) is 0 Å². The number of rotatable bonds is 3.